The van der Waals surface area contributed by atoms with Crippen molar-refractivity contribution in [2.45, 2.75) is 6.42 Å². The minimum atomic E-state index is -0.492. The SMILES string of the molecule is O=C1[C@@H]2[C@@H]3C=C[C@H]([C@H]4C[C@H]34)[C@@H]2C(=O)N1/N=C\c1cccc([N+](=O)[O-])c1. The van der Waals surface area contributed by atoms with E-state index in [0.717, 1.165) is 11.4 Å². The van der Waals surface area contributed by atoms with E-state index in [-0.39, 0.29) is 41.2 Å². The zero-order valence-corrected chi connectivity index (χ0v) is 13.2. The van der Waals surface area contributed by atoms with E-state index in [1.807, 2.05) is 0 Å². The van der Waals surface area contributed by atoms with Gasteiger partial charge in [-0.2, -0.15) is 10.1 Å². The molecule has 1 aliphatic heterocycles. The van der Waals surface area contributed by atoms with E-state index >= 15 is 0 Å². The lowest BCUT2D eigenvalue weighted by Crippen LogP contribution is -2.40. The Morgan fingerprint density at radius 3 is 2.36 bits per heavy atom. The molecule has 1 saturated heterocycles. The molecule has 0 spiro atoms. The van der Waals surface area contributed by atoms with Crippen LogP contribution in [-0.2, 0) is 9.59 Å². The van der Waals surface area contributed by atoms with Gasteiger partial charge < -0.3 is 0 Å². The first-order valence-electron chi connectivity index (χ1n) is 8.41. The first kappa shape index (κ1) is 14.5. The Morgan fingerprint density at radius 1 is 1.12 bits per heavy atom. The molecule has 126 valence electrons. The highest BCUT2D eigenvalue weighted by Crippen LogP contribution is 2.65. The molecule has 1 heterocycles. The molecule has 2 amide bonds. The van der Waals surface area contributed by atoms with Gasteiger partial charge in [0.05, 0.1) is 23.0 Å². The van der Waals surface area contributed by atoms with Crippen molar-refractivity contribution < 1.29 is 14.5 Å². The highest BCUT2D eigenvalue weighted by molar-refractivity contribution is 6.06. The second-order valence-corrected chi connectivity index (χ2v) is 7.24. The Hall–Kier alpha value is -2.83. The number of imide groups is 1. The molecular formula is C18H15N3O4. The molecular weight excluding hydrogens is 322 g/mol. The number of non-ortho nitro benzene ring substituents is 1. The van der Waals surface area contributed by atoms with E-state index in [9.17, 15) is 19.7 Å². The van der Waals surface area contributed by atoms with Crippen LogP contribution in [0.5, 0.6) is 0 Å². The summed E-state index contributed by atoms with van der Waals surface area (Å²) >= 11 is 0. The van der Waals surface area contributed by atoms with Crippen molar-refractivity contribution in [3.8, 4) is 0 Å². The van der Waals surface area contributed by atoms with Crippen LogP contribution in [0, 0.1) is 45.6 Å². The fourth-order valence-corrected chi connectivity index (χ4v) is 4.90. The van der Waals surface area contributed by atoms with Crippen molar-refractivity contribution in [3.05, 3.63) is 52.1 Å². The molecule has 25 heavy (non-hydrogen) atoms. The van der Waals surface area contributed by atoms with Gasteiger partial charge in [0, 0.05) is 17.7 Å². The van der Waals surface area contributed by atoms with E-state index in [1.165, 1.54) is 18.3 Å². The highest BCUT2D eigenvalue weighted by Gasteiger charge is 2.67. The van der Waals surface area contributed by atoms with E-state index < -0.39 is 4.92 Å². The van der Waals surface area contributed by atoms with Gasteiger partial charge in [-0.1, -0.05) is 24.3 Å². The van der Waals surface area contributed by atoms with Crippen LogP contribution in [0.1, 0.15) is 12.0 Å². The Bertz CT molecular complexity index is 841. The summed E-state index contributed by atoms with van der Waals surface area (Å²) in [6, 6.07) is 5.94. The van der Waals surface area contributed by atoms with Gasteiger partial charge in [0.15, 0.2) is 0 Å². The molecule has 6 atom stereocenters. The number of nitro benzene ring substituents is 1. The van der Waals surface area contributed by atoms with Gasteiger partial charge in [0.1, 0.15) is 0 Å². The molecule has 6 rings (SSSR count). The molecule has 2 saturated carbocycles. The third-order valence-electron chi connectivity index (χ3n) is 6.04. The van der Waals surface area contributed by atoms with Gasteiger partial charge in [-0.05, 0) is 30.1 Å². The van der Waals surface area contributed by atoms with Crippen molar-refractivity contribution in [1.82, 2.24) is 5.01 Å². The second-order valence-electron chi connectivity index (χ2n) is 7.24. The smallest absolute Gasteiger partial charge is 0.270 e. The van der Waals surface area contributed by atoms with Crippen LogP contribution in [0.2, 0.25) is 0 Å². The summed E-state index contributed by atoms with van der Waals surface area (Å²) in [6.07, 6.45) is 6.68. The molecule has 4 aliphatic carbocycles. The van der Waals surface area contributed by atoms with Crippen molar-refractivity contribution >= 4 is 23.7 Å². The second kappa shape index (κ2) is 4.84. The van der Waals surface area contributed by atoms with Crippen LogP contribution in [-0.4, -0.2) is 28.0 Å². The number of hydrazone groups is 1. The van der Waals surface area contributed by atoms with Gasteiger partial charge in [-0.25, -0.2) is 0 Å². The number of rotatable bonds is 3. The third kappa shape index (κ3) is 1.95. The van der Waals surface area contributed by atoms with Crippen molar-refractivity contribution in [3.63, 3.8) is 0 Å². The molecule has 2 bridgehead atoms. The fraction of sp³-hybridized carbons (Fsp3) is 0.389. The molecule has 5 aliphatic rings. The quantitative estimate of drug-likeness (QED) is 0.277. The first-order chi connectivity index (χ1) is 12.1. The Labute approximate surface area is 143 Å². The molecule has 0 unspecified atom stereocenters. The molecule has 7 heteroatoms. The van der Waals surface area contributed by atoms with Gasteiger partial charge >= 0.3 is 0 Å². The van der Waals surface area contributed by atoms with E-state index in [4.69, 9.17) is 0 Å². The Kier molecular flexibility index (Phi) is 2.81. The lowest BCUT2D eigenvalue weighted by atomic mass is 9.63. The summed E-state index contributed by atoms with van der Waals surface area (Å²) in [4.78, 5) is 35.8. The number of hydrogen-bond acceptors (Lipinski definition) is 5. The van der Waals surface area contributed by atoms with Crippen molar-refractivity contribution in [2.75, 3.05) is 0 Å². The van der Waals surface area contributed by atoms with Crippen LogP contribution < -0.4 is 0 Å². The van der Waals surface area contributed by atoms with E-state index in [1.54, 1.807) is 12.1 Å². The number of carbonyl (C=O) groups is 2. The van der Waals surface area contributed by atoms with Crippen LogP contribution in [0.4, 0.5) is 5.69 Å². The Balaban J connectivity index is 1.43. The average molecular weight is 337 g/mol. The minimum absolute atomic E-state index is 0.0565. The fourth-order valence-electron chi connectivity index (χ4n) is 4.90. The standard InChI is InChI=1S/C18H15N3O4/c22-17-15-11-4-5-12(14-7-13(11)14)16(15)18(23)20(17)19-8-9-2-1-3-10(6-9)21(24)25/h1-6,8,11-16H,7H2/b19-8-/t11-,12-,13-,14-,15-,16+/m1/s1. The molecule has 0 N–H and O–H groups in total. The lowest BCUT2D eigenvalue weighted by Gasteiger charge is -2.37. The highest BCUT2D eigenvalue weighted by atomic mass is 16.6. The number of amides is 2. The third-order valence-corrected chi connectivity index (χ3v) is 6.04. The average Bonchev–Trinajstić information content (AvgIpc) is 3.39. The van der Waals surface area contributed by atoms with Gasteiger partial charge in [-0.15, -0.1) is 0 Å². The maximum atomic E-state index is 12.7. The predicted molar refractivity (Wildman–Crippen MR) is 87.2 cm³/mol. The number of benzene rings is 1. The largest absolute Gasteiger partial charge is 0.272 e. The van der Waals surface area contributed by atoms with Gasteiger partial charge in [0.2, 0.25) is 0 Å². The Morgan fingerprint density at radius 2 is 1.76 bits per heavy atom. The summed E-state index contributed by atoms with van der Waals surface area (Å²) in [7, 11) is 0. The van der Waals surface area contributed by atoms with Crippen LogP contribution >= 0.6 is 0 Å². The van der Waals surface area contributed by atoms with Crippen molar-refractivity contribution in [2.24, 2.45) is 40.6 Å². The number of allylic oxidation sites excluding steroid dienone is 2. The van der Waals surface area contributed by atoms with Crippen molar-refractivity contribution in [1.29, 1.82) is 0 Å². The minimum Gasteiger partial charge on any atom is -0.272 e. The van der Waals surface area contributed by atoms with Crippen LogP contribution in [0.3, 0.4) is 0 Å². The summed E-state index contributed by atoms with van der Waals surface area (Å²) in [5, 5.41) is 15.9. The molecule has 7 nitrogen and oxygen atoms in total. The molecule has 0 radical (unpaired) electrons. The molecule has 0 aromatic heterocycles. The zero-order valence-electron chi connectivity index (χ0n) is 13.2. The summed E-state index contributed by atoms with van der Waals surface area (Å²) in [5.41, 5.74) is 0.424. The summed E-state index contributed by atoms with van der Waals surface area (Å²) in [6.45, 7) is 0. The van der Waals surface area contributed by atoms with Crippen LogP contribution in [0.25, 0.3) is 0 Å². The summed E-state index contributed by atoms with van der Waals surface area (Å²) in [5.74, 6) is 0.385. The summed E-state index contributed by atoms with van der Waals surface area (Å²) < 4.78 is 0. The predicted octanol–water partition coefficient (Wildman–Crippen LogP) is 1.98. The first-order valence-corrected chi connectivity index (χ1v) is 8.41. The number of carbonyl (C=O) groups excluding carboxylic acids is 2. The van der Waals surface area contributed by atoms with Gasteiger partial charge in [-0.3, -0.25) is 19.7 Å². The van der Waals surface area contributed by atoms with E-state index in [2.05, 4.69) is 17.3 Å². The maximum Gasteiger partial charge on any atom is 0.270 e. The number of nitro groups is 1. The number of nitrogens with zero attached hydrogens (tertiary/aromatic N) is 3. The lowest BCUT2D eigenvalue weighted by molar-refractivity contribution is -0.384. The number of hydrogen-bond donors (Lipinski definition) is 0. The molecule has 1 aromatic carbocycles. The topological polar surface area (TPSA) is 92.9 Å². The van der Waals surface area contributed by atoms with Crippen LogP contribution in [0.15, 0.2) is 41.5 Å². The maximum absolute atomic E-state index is 12.7. The van der Waals surface area contributed by atoms with E-state index in [0.29, 0.717) is 17.4 Å². The normalized spacial score (nSPS) is 37.5. The van der Waals surface area contributed by atoms with Gasteiger partial charge in [0.25, 0.3) is 17.5 Å². The molecule has 1 aromatic rings. The monoisotopic (exact) mass is 337 g/mol. The molecule has 3 fully saturated rings. The zero-order chi connectivity index (χ0) is 17.3.